The van der Waals surface area contributed by atoms with E-state index in [0.717, 1.165) is 53.2 Å². The maximum Gasteiger partial charge on any atom is 0.272 e. The number of benzene rings is 2. The minimum atomic E-state index is -0.149. The highest BCUT2D eigenvalue weighted by molar-refractivity contribution is 5.98. The van der Waals surface area contributed by atoms with Gasteiger partial charge in [0.25, 0.3) is 11.5 Å². The topological polar surface area (TPSA) is 90.6 Å². The van der Waals surface area contributed by atoms with Crippen LogP contribution in [0.5, 0.6) is 0 Å². The van der Waals surface area contributed by atoms with Crippen LogP contribution in [0.25, 0.3) is 21.7 Å². The number of hydrogen-bond acceptors (Lipinski definition) is 3. The molecular formula is C24H24N4O2. The van der Waals surface area contributed by atoms with Gasteiger partial charge in [-0.25, -0.2) is 5.10 Å². The molecule has 0 saturated heterocycles. The van der Waals surface area contributed by atoms with Crippen LogP contribution >= 0.6 is 0 Å². The van der Waals surface area contributed by atoms with Gasteiger partial charge in [0.15, 0.2) is 0 Å². The van der Waals surface area contributed by atoms with Crippen molar-refractivity contribution in [3.05, 3.63) is 75.8 Å². The largest absolute Gasteiger partial charge is 0.350 e. The summed E-state index contributed by atoms with van der Waals surface area (Å²) in [6, 6.07) is 15.8. The van der Waals surface area contributed by atoms with E-state index < -0.39 is 0 Å². The standard InChI is InChI=1S/C24H24N4O2/c1-14-5-4-6-16-13-20(26-21(14)16)24(30)25-17-11-9-15(10-12-17)22-18-7-2-3-8-19(18)23(29)28-27-22/h2-8,13,15,17,26H,9-12H2,1H3,(H,25,30)(H,28,29)/t15-,17-. The number of nitrogens with one attached hydrogen (secondary N) is 3. The molecule has 0 spiro atoms. The predicted molar refractivity (Wildman–Crippen MR) is 118 cm³/mol. The Morgan fingerprint density at radius 3 is 2.57 bits per heavy atom. The molecule has 0 unspecified atom stereocenters. The molecule has 2 aromatic carbocycles. The van der Waals surface area contributed by atoms with E-state index in [0.29, 0.717) is 11.1 Å². The number of nitrogens with zero attached hydrogens (tertiary/aromatic N) is 1. The second-order valence-electron chi connectivity index (χ2n) is 8.23. The summed E-state index contributed by atoms with van der Waals surface area (Å²) in [6.45, 7) is 2.04. The summed E-state index contributed by atoms with van der Waals surface area (Å²) in [5, 5.41) is 12.9. The van der Waals surface area contributed by atoms with E-state index in [9.17, 15) is 9.59 Å². The molecule has 5 rings (SSSR count). The van der Waals surface area contributed by atoms with Gasteiger partial charge in [0.1, 0.15) is 5.69 Å². The molecule has 1 aliphatic rings. The molecule has 6 nitrogen and oxygen atoms in total. The summed E-state index contributed by atoms with van der Waals surface area (Å²) in [5.41, 5.74) is 3.56. The van der Waals surface area contributed by atoms with Crippen molar-refractivity contribution in [2.45, 2.75) is 44.6 Å². The summed E-state index contributed by atoms with van der Waals surface area (Å²) < 4.78 is 0. The fourth-order valence-corrected chi connectivity index (χ4v) is 4.65. The van der Waals surface area contributed by atoms with Crippen molar-refractivity contribution in [3.63, 3.8) is 0 Å². The SMILES string of the molecule is Cc1cccc2cc(C(=O)N[C@H]3CC[C@H](c4n[nH]c(=O)c5ccccc54)CC3)[nH]c12. The zero-order valence-electron chi connectivity index (χ0n) is 16.9. The highest BCUT2D eigenvalue weighted by Gasteiger charge is 2.26. The Bertz CT molecular complexity index is 1300. The summed E-state index contributed by atoms with van der Waals surface area (Å²) in [7, 11) is 0. The zero-order valence-corrected chi connectivity index (χ0v) is 16.9. The van der Waals surface area contributed by atoms with Crippen molar-refractivity contribution in [1.29, 1.82) is 0 Å². The number of carbonyl (C=O) groups excluding carboxylic acids is 1. The minimum Gasteiger partial charge on any atom is -0.350 e. The molecule has 2 aromatic heterocycles. The van der Waals surface area contributed by atoms with Crippen LogP contribution in [0.1, 0.15) is 53.3 Å². The van der Waals surface area contributed by atoms with Crippen LogP contribution in [0, 0.1) is 6.92 Å². The maximum atomic E-state index is 12.8. The summed E-state index contributed by atoms with van der Waals surface area (Å²) in [6.07, 6.45) is 3.65. The molecule has 6 heteroatoms. The second kappa shape index (κ2) is 7.44. The van der Waals surface area contributed by atoms with Crippen molar-refractivity contribution in [2.75, 3.05) is 0 Å². The van der Waals surface area contributed by atoms with Gasteiger partial charge in [-0.3, -0.25) is 9.59 Å². The lowest BCUT2D eigenvalue weighted by Crippen LogP contribution is -2.37. The van der Waals surface area contributed by atoms with Crippen molar-refractivity contribution >= 4 is 27.6 Å². The summed E-state index contributed by atoms with van der Waals surface area (Å²) in [5.74, 6) is 0.234. The molecule has 0 atom stereocenters. The third kappa shape index (κ3) is 3.28. The normalized spacial score (nSPS) is 19.2. The van der Waals surface area contributed by atoms with Crippen LogP contribution in [0.15, 0.2) is 53.3 Å². The third-order valence-corrected chi connectivity index (χ3v) is 6.28. The predicted octanol–water partition coefficient (Wildman–Crippen LogP) is 4.17. The van der Waals surface area contributed by atoms with E-state index in [1.807, 2.05) is 55.5 Å². The van der Waals surface area contributed by atoms with Crippen LogP contribution in [0.2, 0.25) is 0 Å². The molecule has 3 N–H and O–H groups in total. The molecular weight excluding hydrogens is 376 g/mol. The molecule has 0 bridgehead atoms. The number of amides is 1. The highest BCUT2D eigenvalue weighted by Crippen LogP contribution is 2.34. The molecule has 1 fully saturated rings. The Labute approximate surface area is 173 Å². The lowest BCUT2D eigenvalue weighted by molar-refractivity contribution is 0.0921. The van der Waals surface area contributed by atoms with Crippen LogP contribution in [0.3, 0.4) is 0 Å². The Kier molecular flexibility index (Phi) is 4.62. The van der Waals surface area contributed by atoms with Gasteiger partial charge in [-0.1, -0.05) is 36.4 Å². The smallest absolute Gasteiger partial charge is 0.272 e. The van der Waals surface area contributed by atoms with Crippen molar-refractivity contribution in [1.82, 2.24) is 20.5 Å². The molecule has 30 heavy (non-hydrogen) atoms. The van der Waals surface area contributed by atoms with Crippen LogP contribution < -0.4 is 10.9 Å². The first-order chi connectivity index (χ1) is 14.6. The van der Waals surface area contributed by atoms with Gasteiger partial charge in [-0.15, -0.1) is 0 Å². The van der Waals surface area contributed by atoms with E-state index in [-0.39, 0.29) is 23.4 Å². The first kappa shape index (κ1) is 18.6. The monoisotopic (exact) mass is 400 g/mol. The number of para-hydroxylation sites is 1. The Balaban J connectivity index is 1.28. The molecule has 4 aromatic rings. The van der Waals surface area contributed by atoms with Gasteiger partial charge >= 0.3 is 0 Å². The lowest BCUT2D eigenvalue weighted by Gasteiger charge is -2.29. The fraction of sp³-hybridized carbons (Fsp3) is 0.292. The van der Waals surface area contributed by atoms with Crippen LogP contribution in [0.4, 0.5) is 0 Å². The number of aryl methyl sites for hydroxylation is 1. The highest BCUT2D eigenvalue weighted by atomic mass is 16.2. The van der Waals surface area contributed by atoms with E-state index in [1.54, 1.807) is 0 Å². The Morgan fingerprint density at radius 2 is 1.80 bits per heavy atom. The van der Waals surface area contributed by atoms with Gasteiger partial charge in [0.05, 0.1) is 11.1 Å². The van der Waals surface area contributed by atoms with Crippen molar-refractivity contribution in [3.8, 4) is 0 Å². The van der Waals surface area contributed by atoms with E-state index in [2.05, 4.69) is 20.5 Å². The number of rotatable bonds is 3. The molecule has 0 radical (unpaired) electrons. The first-order valence-electron chi connectivity index (χ1n) is 10.5. The number of H-pyrrole nitrogens is 2. The van der Waals surface area contributed by atoms with Gasteiger partial charge < -0.3 is 10.3 Å². The van der Waals surface area contributed by atoms with Gasteiger partial charge in [0.2, 0.25) is 0 Å². The summed E-state index contributed by atoms with van der Waals surface area (Å²) >= 11 is 0. The number of hydrogen-bond donors (Lipinski definition) is 3. The third-order valence-electron chi connectivity index (χ3n) is 6.28. The molecule has 1 amide bonds. The Hall–Kier alpha value is -3.41. The number of aromatic nitrogens is 3. The molecule has 1 aliphatic carbocycles. The number of fused-ring (bicyclic) bond motifs is 2. The van der Waals surface area contributed by atoms with E-state index in [4.69, 9.17) is 0 Å². The molecule has 152 valence electrons. The van der Waals surface area contributed by atoms with Crippen LogP contribution in [-0.2, 0) is 0 Å². The van der Waals surface area contributed by atoms with Crippen LogP contribution in [-0.4, -0.2) is 27.1 Å². The average Bonchev–Trinajstić information content (AvgIpc) is 3.21. The Morgan fingerprint density at radius 1 is 1.03 bits per heavy atom. The van der Waals surface area contributed by atoms with Crippen molar-refractivity contribution in [2.24, 2.45) is 0 Å². The molecule has 2 heterocycles. The molecule has 0 aliphatic heterocycles. The van der Waals surface area contributed by atoms with E-state index in [1.165, 1.54) is 0 Å². The van der Waals surface area contributed by atoms with Gasteiger partial charge in [-0.2, -0.15) is 5.10 Å². The molecule has 1 saturated carbocycles. The minimum absolute atomic E-state index is 0.0540. The van der Waals surface area contributed by atoms with E-state index >= 15 is 0 Å². The van der Waals surface area contributed by atoms with Gasteiger partial charge in [-0.05, 0) is 50.3 Å². The number of aromatic amines is 2. The maximum absolute atomic E-state index is 12.8. The lowest BCUT2D eigenvalue weighted by atomic mass is 9.82. The quantitative estimate of drug-likeness (QED) is 0.482. The van der Waals surface area contributed by atoms with Crippen molar-refractivity contribution < 1.29 is 4.79 Å². The van der Waals surface area contributed by atoms with Gasteiger partial charge in [0, 0.05) is 28.2 Å². The summed E-state index contributed by atoms with van der Waals surface area (Å²) in [4.78, 5) is 28.1. The fourth-order valence-electron chi connectivity index (χ4n) is 4.65. The first-order valence-corrected chi connectivity index (χ1v) is 10.5. The second-order valence-corrected chi connectivity index (χ2v) is 8.23. The number of carbonyl (C=O) groups is 1. The average molecular weight is 400 g/mol. The zero-order chi connectivity index (χ0) is 20.7.